The highest BCUT2D eigenvalue weighted by Crippen LogP contribution is 2.16. The van der Waals surface area contributed by atoms with Gasteiger partial charge in [-0.2, -0.15) is 0 Å². The van der Waals surface area contributed by atoms with E-state index in [1.165, 1.54) is 6.92 Å². The summed E-state index contributed by atoms with van der Waals surface area (Å²) in [5.74, 6) is -0.262. The predicted molar refractivity (Wildman–Crippen MR) is 78.9 cm³/mol. The summed E-state index contributed by atoms with van der Waals surface area (Å²) in [4.78, 5) is 37.4. The third kappa shape index (κ3) is 5.36. The van der Waals surface area contributed by atoms with Gasteiger partial charge in [0.1, 0.15) is 11.6 Å². The van der Waals surface area contributed by atoms with Crippen LogP contribution in [-0.4, -0.2) is 46.9 Å². The summed E-state index contributed by atoms with van der Waals surface area (Å²) in [6, 6.07) is -1.08. The van der Waals surface area contributed by atoms with Crippen molar-refractivity contribution in [1.82, 2.24) is 10.2 Å². The van der Waals surface area contributed by atoms with E-state index in [2.05, 4.69) is 5.32 Å². The Morgan fingerprint density at radius 1 is 1.33 bits per heavy atom. The van der Waals surface area contributed by atoms with Crippen LogP contribution in [0.5, 0.6) is 0 Å². The Bertz CT molecular complexity index is 414. The Kier molecular flexibility index (Phi) is 5.75. The molecule has 0 aliphatic carbocycles. The number of Topliss-reactive ketones (excluding diaryl/α,β-unsaturated/α-hetero) is 1. The molecule has 6 nitrogen and oxygen atoms in total. The van der Waals surface area contributed by atoms with Crippen LogP contribution in [-0.2, 0) is 14.3 Å². The van der Waals surface area contributed by atoms with Crippen molar-refractivity contribution in [1.29, 1.82) is 0 Å². The van der Waals surface area contributed by atoms with Crippen LogP contribution >= 0.6 is 0 Å². The van der Waals surface area contributed by atoms with Crippen LogP contribution in [0.1, 0.15) is 53.9 Å². The van der Waals surface area contributed by atoms with Crippen LogP contribution < -0.4 is 5.32 Å². The van der Waals surface area contributed by atoms with Crippen LogP contribution in [0.2, 0.25) is 0 Å². The summed E-state index contributed by atoms with van der Waals surface area (Å²) in [5.41, 5.74) is -0.607. The zero-order valence-electron chi connectivity index (χ0n) is 13.6. The molecule has 0 aromatic rings. The second-order valence-corrected chi connectivity index (χ2v) is 6.51. The number of nitrogens with one attached hydrogen (secondary N) is 1. The fraction of sp³-hybridized carbons (Fsp3) is 0.800. The van der Waals surface area contributed by atoms with Gasteiger partial charge in [0.25, 0.3) is 0 Å². The van der Waals surface area contributed by atoms with E-state index < -0.39 is 23.8 Å². The number of rotatable bonds is 3. The molecule has 0 saturated carbocycles. The molecule has 1 heterocycles. The molecule has 1 rings (SSSR count). The average Bonchev–Trinajstić information content (AvgIpc) is 2.49. The molecular weight excluding hydrogens is 272 g/mol. The Hall–Kier alpha value is -1.59. The topological polar surface area (TPSA) is 75.7 Å². The number of hydrogen-bond acceptors (Lipinski definition) is 4. The maximum atomic E-state index is 12.5. The third-order valence-electron chi connectivity index (χ3n) is 3.47. The van der Waals surface area contributed by atoms with Crippen molar-refractivity contribution in [2.75, 3.05) is 6.54 Å². The van der Waals surface area contributed by atoms with E-state index >= 15 is 0 Å². The molecular formula is C15H26N2O4. The lowest BCUT2D eigenvalue weighted by molar-refractivity contribution is -0.139. The lowest BCUT2D eigenvalue weighted by Gasteiger charge is -2.29. The van der Waals surface area contributed by atoms with Crippen LogP contribution in [0.4, 0.5) is 4.79 Å². The van der Waals surface area contributed by atoms with Gasteiger partial charge in [-0.05, 0) is 53.9 Å². The smallest absolute Gasteiger partial charge is 0.408 e. The van der Waals surface area contributed by atoms with Gasteiger partial charge in [0.2, 0.25) is 5.91 Å². The number of likely N-dealkylation sites (tertiary alicyclic amines) is 1. The minimum absolute atomic E-state index is 0.0544. The molecule has 6 heteroatoms. The molecule has 1 unspecified atom stereocenters. The standard InChI is InChI=1S/C15H26N2O4/c1-10(11(2)18)17-9-7-6-8-12(13(17)19)16-14(20)21-15(3,4)5/h10,12H,6-9H2,1-5H3,(H,16,20)/t10?,12-/m0/s1. The maximum absolute atomic E-state index is 12.5. The third-order valence-corrected chi connectivity index (χ3v) is 3.47. The highest BCUT2D eigenvalue weighted by atomic mass is 16.6. The molecule has 0 aromatic carbocycles. The minimum atomic E-state index is -0.621. The zero-order chi connectivity index (χ0) is 16.2. The number of nitrogens with zero attached hydrogens (tertiary/aromatic N) is 1. The molecule has 1 N–H and O–H groups in total. The van der Waals surface area contributed by atoms with Gasteiger partial charge in [-0.15, -0.1) is 0 Å². The summed E-state index contributed by atoms with van der Waals surface area (Å²) in [5, 5.41) is 2.63. The molecule has 0 spiro atoms. The van der Waals surface area contributed by atoms with Gasteiger partial charge in [-0.25, -0.2) is 4.79 Å². The van der Waals surface area contributed by atoms with Crippen LogP contribution in [0.15, 0.2) is 0 Å². The van der Waals surface area contributed by atoms with Crippen molar-refractivity contribution < 1.29 is 19.1 Å². The summed E-state index contributed by atoms with van der Waals surface area (Å²) in [7, 11) is 0. The number of carbonyl (C=O) groups is 3. The number of ketones is 1. The van der Waals surface area contributed by atoms with Crippen molar-refractivity contribution in [2.45, 2.75) is 71.6 Å². The summed E-state index contributed by atoms with van der Waals surface area (Å²) >= 11 is 0. The second kappa shape index (κ2) is 6.91. The van der Waals surface area contributed by atoms with Gasteiger partial charge >= 0.3 is 6.09 Å². The Labute approximate surface area is 126 Å². The van der Waals surface area contributed by atoms with Crippen molar-refractivity contribution in [2.24, 2.45) is 0 Å². The van der Waals surface area contributed by atoms with Gasteiger partial charge in [-0.1, -0.05) is 0 Å². The largest absolute Gasteiger partial charge is 0.444 e. The van der Waals surface area contributed by atoms with Crippen LogP contribution in [0, 0.1) is 0 Å². The molecule has 2 atom stereocenters. The summed E-state index contributed by atoms with van der Waals surface area (Å²) < 4.78 is 5.19. The molecule has 1 aliphatic rings. The molecule has 0 radical (unpaired) electrons. The molecule has 2 amide bonds. The monoisotopic (exact) mass is 298 g/mol. The lowest BCUT2D eigenvalue weighted by atomic mass is 10.1. The first-order valence-electron chi connectivity index (χ1n) is 7.42. The first-order valence-corrected chi connectivity index (χ1v) is 7.42. The van der Waals surface area contributed by atoms with Gasteiger partial charge in [0.05, 0.1) is 6.04 Å². The highest BCUT2D eigenvalue weighted by molar-refractivity contribution is 5.91. The molecule has 1 saturated heterocycles. The fourth-order valence-electron chi connectivity index (χ4n) is 2.25. The number of hydrogen-bond donors (Lipinski definition) is 1. The van der Waals surface area contributed by atoms with Crippen molar-refractivity contribution in [3.8, 4) is 0 Å². The van der Waals surface area contributed by atoms with E-state index in [1.54, 1.807) is 32.6 Å². The molecule has 1 aliphatic heterocycles. The van der Waals surface area contributed by atoms with Gasteiger partial charge in [0.15, 0.2) is 5.78 Å². The summed E-state index contributed by atoms with van der Waals surface area (Å²) in [6.07, 6.45) is 1.63. The zero-order valence-corrected chi connectivity index (χ0v) is 13.6. The van der Waals surface area contributed by atoms with Gasteiger partial charge in [-0.3, -0.25) is 9.59 Å². The maximum Gasteiger partial charge on any atom is 0.408 e. The van der Waals surface area contributed by atoms with Gasteiger partial charge < -0.3 is 15.0 Å². The normalized spacial score (nSPS) is 21.5. The molecule has 1 fully saturated rings. The molecule has 0 aromatic heterocycles. The second-order valence-electron chi connectivity index (χ2n) is 6.51. The van der Waals surface area contributed by atoms with E-state index in [4.69, 9.17) is 4.74 Å². The fourth-order valence-corrected chi connectivity index (χ4v) is 2.25. The van der Waals surface area contributed by atoms with Crippen molar-refractivity contribution >= 4 is 17.8 Å². The van der Waals surface area contributed by atoms with Crippen molar-refractivity contribution in [3.05, 3.63) is 0 Å². The van der Waals surface area contributed by atoms with E-state index in [-0.39, 0.29) is 11.7 Å². The van der Waals surface area contributed by atoms with E-state index in [9.17, 15) is 14.4 Å². The quantitative estimate of drug-likeness (QED) is 0.863. The van der Waals surface area contributed by atoms with E-state index in [0.29, 0.717) is 13.0 Å². The molecule has 0 bridgehead atoms. The first kappa shape index (κ1) is 17.5. The number of amides is 2. The number of ether oxygens (including phenoxy) is 1. The number of alkyl carbamates (subject to hydrolysis) is 1. The van der Waals surface area contributed by atoms with Gasteiger partial charge in [0, 0.05) is 6.54 Å². The van der Waals surface area contributed by atoms with Crippen molar-refractivity contribution in [3.63, 3.8) is 0 Å². The van der Waals surface area contributed by atoms with Crippen LogP contribution in [0.25, 0.3) is 0 Å². The van der Waals surface area contributed by atoms with E-state index in [1.807, 2.05) is 0 Å². The predicted octanol–water partition coefficient (Wildman–Crippen LogP) is 1.87. The van der Waals surface area contributed by atoms with E-state index in [0.717, 1.165) is 12.8 Å². The Balaban J connectivity index is 2.75. The minimum Gasteiger partial charge on any atom is -0.444 e. The first-order chi connectivity index (χ1) is 9.61. The number of carbonyl (C=O) groups excluding carboxylic acids is 3. The lowest BCUT2D eigenvalue weighted by Crippen LogP contribution is -2.52. The molecule has 120 valence electrons. The SMILES string of the molecule is CC(=O)C(C)N1CCCC[C@H](NC(=O)OC(C)(C)C)C1=O. The molecule has 21 heavy (non-hydrogen) atoms. The highest BCUT2D eigenvalue weighted by Gasteiger charge is 2.33. The Morgan fingerprint density at radius 2 is 1.95 bits per heavy atom. The average molecular weight is 298 g/mol. The van der Waals surface area contributed by atoms with Crippen LogP contribution in [0.3, 0.4) is 0 Å². The summed E-state index contributed by atoms with van der Waals surface area (Å²) in [6.45, 7) is 9.05. The Morgan fingerprint density at radius 3 is 2.48 bits per heavy atom.